The van der Waals surface area contributed by atoms with Gasteiger partial charge in [-0.25, -0.2) is 0 Å². The van der Waals surface area contributed by atoms with Crippen molar-refractivity contribution in [3.63, 3.8) is 0 Å². The summed E-state index contributed by atoms with van der Waals surface area (Å²) in [5.41, 5.74) is 11.7. The lowest BCUT2D eigenvalue weighted by molar-refractivity contribution is 0.477. The van der Waals surface area contributed by atoms with Crippen LogP contribution in [0, 0.1) is 0 Å². The quantitative estimate of drug-likeness (QED) is 0.205. The van der Waals surface area contributed by atoms with Gasteiger partial charge in [0.1, 0.15) is 0 Å². The van der Waals surface area contributed by atoms with E-state index in [0.717, 1.165) is 39.5 Å². The van der Waals surface area contributed by atoms with Gasteiger partial charge in [-0.15, -0.1) is 0 Å². The zero-order chi connectivity index (χ0) is 29.5. The molecular formula is C42H26N2O. The molecule has 210 valence electrons. The van der Waals surface area contributed by atoms with Crippen LogP contribution in [-0.4, -0.2) is 9.13 Å². The molecule has 0 spiro atoms. The van der Waals surface area contributed by atoms with Gasteiger partial charge in [-0.1, -0.05) is 115 Å². The Morgan fingerprint density at radius 2 is 0.933 bits per heavy atom. The number of ether oxygens (including phenoxy) is 1. The Kier molecular flexibility index (Phi) is 5.00. The summed E-state index contributed by atoms with van der Waals surface area (Å²) in [7, 11) is 0. The molecule has 0 saturated carbocycles. The van der Waals surface area contributed by atoms with Crippen LogP contribution in [0.15, 0.2) is 158 Å². The second kappa shape index (κ2) is 9.22. The van der Waals surface area contributed by atoms with Gasteiger partial charge < -0.3 is 13.9 Å². The fourth-order valence-electron chi connectivity index (χ4n) is 7.36. The Labute approximate surface area is 259 Å². The zero-order valence-corrected chi connectivity index (χ0v) is 24.3. The molecule has 3 nitrogen and oxygen atoms in total. The van der Waals surface area contributed by atoms with Crippen molar-refractivity contribution in [1.82, 2.24) is 9.13 Å². The van der Waals surface area contributed by atoms with Gasteiger partial charge >= 0.3 is 0 Å². The van der Waals surface area contributed by atoms with Crippen molar-refractivity contribution in [3.05, 3.63) is 158 Å². The molecule has 3 heterocycles. The molecule has 7 aromatic carbocycles. The minimum Gasteiger partial charge on any atom is -0.453 e. The van der Waals surface area contributed by atoms with Gasteiger partial charge in [0.2, 0.25) is 0 Å². The maximum absolute atomic E-state index is 6.52. The molecule has 1 aliphatic heterocycles. The van der Waals surface area contributed by atoms with Crippen LogP contribution in [0.2, 0.25) is 0 Å². The van der Waals surface area contributed by atoms with E-state index in [4.69, 9.17) is 4.74 Å². The van der Waals surface area contributed by atoms with Gasteiger partial charge in [-0.3, -0.25) is 0 Å². The third-order valence-electron chi connectivity index (χ3n) is 9.31. The molecule has 1 aliphatic rings. The van der Waals surface area contributed by atoms with Crippen LogP contribution in [0.4, 0.5) is 0 Å². The van der Waals surface area contributed by atoms with Crippen molar-refractivity contribution >= 4 is 43.6 Å². The van der Waals surface area contributed by atoms with Crippen LogP contribution >= 0.6 is 0 Å². The Bertz CT molecular complexity index is 2570. The number of benzene rings is 7. The lowest BCUT2D eigenvalue weighted by Gasteiger charge is -2.23. The predicted molar refractivity (Wildman–Crippen MR) is 186 cm³/mol. The first-order valence-corrected chi connectivity index (χ1v) is 15.4. The maximum Gasteiger partial charge on any atom is 0.152 e. The average molecular weight is 575 g/mol. The van der Waals surface area contributed by atoms with Crippen LogP contribution in [0.3, 0.4) is 0 Å². The highest BCUT2D eigenvalue weighted by Crippen LogP contribution is 2.48. The van der Waals surface area contributed by atoms with Crippen LogP contribution in [0.5, 0.6) is 11.5 Å². The van der Waals surface area contributed by atoms with Gasteiger partial charge in [-0.2, -0.15) is 0 Å². The summed E-state index contributed by atoms with van der Waals surface area (Å²) in [6.45, 7) is 0. The van der Waals surface area contributed by atoms with E-state index < -0.39 is 0 Å². The molecule has 0 saturated heterocycles. The van der Waals surface area contributed by atoms with E-state index in [0.29, 0.717) is 0 Å². The SMILES string of the molecule is c1cc(-c2ccc(-c3cccc4c3-n3c5ccccc5c5cccc(c53)O4)cc2)cc(-n2c3ccccc3c3ccccc32)c1. The highest BCUT2D eigenvalue weighted by atomic mass is 16.5. The highest BCUT2D eigenvalue weighted by molar-refractivity contribution is 6.13. The monoisotopic (exact) mass is 574 g/mol. The normalized spacial score (nSPS) is 12.2. The molecular weight excluding hydrogens is 548 g/mol. The molecule has 9 aromatic rings. The van der Waals surface area contributed by atoms with Crippen molar-refractivity contribution in [2.75, 3.05) is 0 Å². The fraction of sp³-hybridized carbons (Fsp3) is 0. The summed E-state index contributed by atoms with van der Waals surface area (Å²) in [5.74, 6) is 1.77. The Hall–Kier alpha value is -6.06. The number of hydrogen-bond acceptors (Lipinski definition) is 1. The van der Waals surface area contributed by atoms with Crippen molar-refractivity contribution < 1.29 is 4.74 Å². The second-order valence-corrected chi connectivity index (χ2v) is 11.8. The molecule has 2 aromatic heterocycles. The molecule has 0 unspecified atom stereocenters. The molecule has 0 aliphatic carbocycles. The van der Waals surface area contributed by atoms with Crippen LogP contribution < -0.4 is 4.74 Å². The van der Waals surface area contributed by atoms with Crippen molar-refractivity contribution in [2.24, 2.45) is 0 Å². The summed E-state index contributed by atoms with van der Waals surface area (Å²) < 4.78 is 11.3. The first-order valence-electron chi connectivity index (χ1n) is 15.4. The van der Waals surface area contributed by atoms with E-state index in [2.05, 4.69) is 167 Å². The van der Waals surface area contributed by atoms with E-state index in [1.54, 1.807) is 0 Å². The van der Waals surface area contributed by atoms with Gasteiger partial charge in [0.05, 0.1) is 27.8 Å². The molecule has 0 radical (unpaired) electrons. The third kappa shape index (κ3) is 3.46. The molecule has 3 heteroatoms. The molecule has 0 fully saturated rings. The first kappa shape index (κ1) is 24.4. The molecule has 0 amide bonds. The maximum atomic E-state index is 6.52. The standard InChI is InChI=1S/C42H26N2O/c1-4-17-36-32(12-1)33-13-2-5-18-37(33)43(36)30-11-7-10-29(26-30)27-22-24-28(25-23-27)31-15-8-20-39-41(31)44-38-19-6-3-14-34(38)35-16-9-21-40(45-39)42(35)44/h1-26H. The molecule has 0 atom stereocenters. The fourth-order valence-corrected chi connectivity index (χ4v) is 7.36. The summed E-state index contributed by atoms with van der Waals surface area (Å²) in [4.78, 5) is 0. The number of para-hydroxylation sites is 5. The second-order valence-electron chi connectivity index (χ2n) is 11.8. The number of nitrogens with zero attached hydrogens (tertiary/aromatic N) is 2. The smallest absolute Gasteiger partial charge is 0.152 e. The third-order valence-corrected chi connectivity index (χ3v) is 9.31. The minimum absolute atomic E-state index is 0.872. The Morgan fingerprint density at radius 3 is 1.67 bits per heavy atom. The molecule has 0 bridgehead atoms. The molecule has 10 rings (SSSR count). The number of aromatic nitrogens is 2. The number of fused-ring (bicyclic) bond motifs is 8. The van der Waals surface area contributed by atoms with Crippen LogP contribution in [-0.2, 0) is 0 Å². The number of rotatable bonds is 3. The van der Waals surface area contributed by atoms with Crippen molar-refractivity contribution in [2.45, 2.75) is 0 Å². The summed E-state index contributed by atoms with van der Waals surface area (Å²) >= 11 is 0. The lowest BCUT2D eigenvalue weighted by atomic mass is 9.98. The Balaban J connectivity index is 1.10. The molecule has 45 heavy (non-hydrogen) atoms. The van der Waals surface area contributed by atoms with Gasteiger partial charge in [0.25, 0.3) is 0 Å². The predicted octanol–water partition coefficient (Wildman–Crippen LogP) is 11.3. The van der Waals surface area contributed by atoms with Crippen LogP contribution in [0.1, 0.15) is 0 Å². The Morgan fingerprint density at radius 1 is 0.378 bits per heavy atom. The van der Waals surface area contributed by atoms with E-state index in [1.165, 1.54) is 49.2 Å². The zero-order valence-electron chi connectivity index (χ0n) is 24.3. The van der Waals surface area contributed by atoms with Crippen molar-refractivity contribution in [1.29, 1.82) is 0 Å². The number of hydrogen-bond donors (Lipinski definition) is 0. The summed E-state index contributed by atoms with van der Waals surface area (Å²) in [5, 5.41) is 4.99. The summed E-state index contributed by atoms with van der Waals surface area (Å²) in [6, 6.07) is 56.5. The lowest BCUT2D eigenvalue weighted by Crippen LogP contribution is -2.05. The highest BCUT2D eigenvalue weighted by Gasteiger charge is 2.26. The topological polar surface area (TPSA) is 19.1 Å². The minimum atomic E-state index is 0.872. The van der Waals surface area contributed by atoms with Gasteiger partial charge in [-0.05, 0) is 59.2 Å². The van der Waals surface area contributed by atoms with E-state index in [1.807, 2.05) is 0 Å². The van der Waals surface area contributed by atoms with E-state index >= 15 is 0 Å². The first-order chi connectivity index (χ1) is 22.3. The average Bonchev–Trinajstić information content (AvgIpc) is 3.63. The van der Waals surface area contributed by atoms with Gasteiger partial charge in [0, 0.05) is 32.8 Å². The van der Waals surface area contributed by atoms with Crippen LogP contribution in [0.25, 0.3) is 77.2 Å². The van der Waals surface area contributed by atoms with Gasteiger partial charge in [0.15, 0.2) is 11.5 Å². The van der Waals surface area contributed by atoms with E-state index in [9.17, 15) is 0 Å². The van der Waals surface area contributed by atoms with E-state index in [-0.39, 0.29) is 0 Å². The summed E-state index contributed by atoms with van der Waals surface area (Å²) in [6.07, 6.45) is 0. The largest absolute Gasteiger partial charge is 0.453 e. The molecule has 0 N–H and O–H groups in total. The van der Waals surface area contributed by atoms with Crippen molar-refractivity contribution in [3.8, 4) is 45.1 Å².